The van der Waals surface area contributed by atoms with Gasteiger partial charge in [0, 0.05) is 35.2 Å². The van der Waals surface area contributed by atoms with E-state index >= 15 is 0 Å². The number of rotatable bonds is 6. The maximum atomic E-state index is 10.7. The molecular formula is C8H15N3OS. The van der Waals surface area contributed by atoms with Crippen molar-refractivity contribution in [3.8, 4) is 0 Å². The lowest BCUT2D eigenvalue weighted by molar-refractivity contribution is 0.649. The number of aromatic nitrogens is 2. The SMILES string of the molecule is CS(=O)CCCNCc1ncc[nH]1. The van der Waals surface area contributed by atoms with E-state index in [4.69, 9.17) is 0 Å². The van der Waals surface area contributed by atoms with Crippen molar-refractivity contribution in [1.82, 2.24) is 15.3 Å². The quantitative estimate of drug-likeness (QED) is 0.649. The molecule has 1 aromatic heterocycles. The van der Waals surface area contributed by atoms with Crippen molar-refractivity contribution >= 4 is 10.8 Å². The van der Waals surface area contributed by atoms with E-state index in [2.05, 4.69) is 15.3 Å². The molecule has 74 valence electrons. The average Bonchev–Trinajstić information content (AvgIpc) is 2.55. The highest BCUT2D eigenvalue weighted by molar-refractivity contribution is 7.84. The zero-order chi connectivity index (χ0) is 9.52. The smallest absolute Gasteiger partial charge is 0.120 e. The van der Waals surface area contributed by atoms with Crippen LogP contribution in [0.3, 0.4) is 0 Å². The summed E-state index contributed by atoms with van der Waals surface area (Å²) in [5, 5.41) is 3.21. The van der Waals surface area contributed by atoms with Gasteiger partial charge in [-0.15, -0.1) is 0 Å². The van der Waals surface area contributed by atoms with Crippen LogP contribution in [0.5, 0.6) is 0 Å². The predicted molar refractivity (Wildman–Crippen MR) is 53.8 cm³/mol. The molecule has 0 aliphatic rings. The summed E-state index contributed by atoms with van der Waals surface area (Å²) in [5.74, 6) is 1.71. The first-order valence-electron chi connectivity index (χ1n) is 4.28. The molecule has 0 amide bonds. The van der Waals surface area contributed by atoms with E-state index in [0.29, 0.717) is 0 Å². The lowest BCUT2D eigenvalue weighted by atomic mass is 10.4. The summed E-state index contributed by atoms with van der Waals surface area (Å²) in [6.45, 7) is 1.64. The van der Waals surface area contributed by atoms with E-state index < -0.39 is 10.8 Å². The monoisotopic (exact) mass is 201 g/mol. The van der Waals surface area contributed by atoms with Crippen molar-refractivity contribution in [2.75, 3.05) is 18.6 Å². The summed E-state index contributed by atoms with van der Waals surface area (Å²) in [4.78, 5) is 7.07. The third kappa shape index (κ3) is 4.80. The molecular weight excluding hydrogens is 186 g/mol. The van der Waals surface area contributed by atoms with E-state index in [0.717, 1.165) is 31.1 Å². The molecule has 5 heteroatoms. The van der Waals surface area contributed by atoms with Crippen molar-refractivity contribution in [2.24, 2.45) is 0 Å². The first-order valence-corrected chi connectivity index (χ1v) is 6.01. The lowest BCUT2D eigenvalue weighted by Crippen LogP contribution is -2.17. The molecule has 0 aliphatic heterocycles. The molecule has 1 unspecified atom stereocenters. The number of hydrogen-bond donors (Lipinski definition) is 2. The predicted octanol–water partition coefficient (Wildman–Crippen LogP) is 0.268. The summed E-state index contributed by atoms with van der Waals surface area (Å²) in [6.07, 6.45) is 6.21. The Balaban J connectivity index is 1.99. The molecule has 0 saturated heterocycles. The van der Waals surface area contributed by atoms with E-state index in [-0.39, 0.29) is 0 Å². The fourth-order valence-electron chi connectivity index (χ4n) is 1.00. The summed E-state index contributed by atoms with van der Waals surface area (Å²) >= 11 is 0. The number of imidazole rings is 1. The van der Waals surface area contributed by atoms with Crippen LogP contribution in [-0.2, 0) is 17.3 Å². The van der Waals surface area contributed by atoms with E-state index in [1.807, 2.05) is 0 Å². The largest absolute Gasteiger partial charge is 0.348 e. The minimum Gasteiger partial charge on any atom is -0.348 e. The molecule has 0 aromatic carbocycles. The van der Waals surface area contributed by atoms with Gasteiger partial charge < -0.3 is 10.3 Å². The van der Waals surface area contributed by atoms with Crippen LogP contribution in [0, 0.1) is 0 Å². The highest BCUT2D eigenvalue weighted by atomic mass is 32.2. The van der Waals surface area contributed by atoms with Gasteiger partial charge in [0.25, 0.3) is 0 Å². The maximum Gasteiger partial charge on any atom is 0.120 e. The van der Waals surface area contributed by atoms with Crippen LogP contribution in [-0.4, -0.2) is 32.7 Å². The molecule has 1 rings (SSSR count). The second-order valence-electron chi connectivity index (χ2n) is 2.84. The molecule has 1 aromatic rings. The highest BCUT2D eigenvalue weighted by Gasteiger charge is 1.94. The van der Waals surface area contributed by atoms with Crippen molar-refractivity contribution in [3.63, 3.8) is 0 Å². The van der Waals surface area contributed by atoms with Crippen molar-refractivity contribution < 1.29 is 4.21 Å². The molecule has 0 saturated carbocycles. The molecule has 1 heterocycles. The lowest BCUT2D eigenvalue weighted by Gasteiger charge is -2.00. The third-order valence-electron chi connectivity index (χ3n) is 1.63. The number of nitrogens with one attached hydrogen (secondary N) is 2. The molecule has 0 spiro atoms. The fraction of sp³-hybridized carbons (Fsp3) is 0.625. The minimum absolute atomic E-state index is 0.669. The molecule has 0 fully saturated rings. The summed E-state index contributed by atoms with van der Waals surface area (Å²) < 4.78 is 10.7. The molecule has 2 N–H and O–H groups in total. The maximum absolute atomic E-state index is 10.7. The van der Waals surface area contributed by atoms with Crippen LogP contribution in [0.25, 0.3) is 0 Å². The van der Waals surface area contributed by atoms with Crippen LogP contribution in [0.2, 0.25) is 0 Å². The Bertz CT molecular complexity index is 248. The Labute approximate surface area is 80.6 Å². The van der Waals surface area contributed by atoms with Gasteiger partial charge in [0.2, 0.25) is 0 Å². The van der Waals surface area contributed by atoms with E-state index in [1.165, 1.54) is 0 Å². The Morgan fingerprint density at radius 2 is 2.54 bits per heavy atom. The molecule has 0 bridgehead atoms. The van der Waals surface area contributed by atoms with Gasteiger partial charge in [0.05, 0.1) is 6.54 Å². The van der Waals surface area contributed by atoms with Crippen molar-refractivity contribution in [2.45, 2.75) is 13.0 Å². The Morgan fingerprint density at radius 1 is 1.69 bits per heavy atom. The molecule has 13 heavy (non-hydrogen) atoms. The zero-order valence-corrected chi connectivity index (χ0v) is 8.56. The Morgan fingerprint density at radius 3 is 3.15 bits per heavy atom. The third-order valence-corrected chi connectivity index (χ3v) is 2.50. The summed E-state index contributed by atoms with van der Waals surface area (Å²) in [5.41, 5.74) is 0. The van der Waals surface area contributed by atoms with Crippen LogP contribution < -0.4 is 5.32 Å². The number of H-pyrrole nitrogens is 1. The molecule has 4 nitrogen and oxygen atoms in total. The fourth-order valence-corrected chi connectivity index (χ4v) is 1.55. The first kappa shape index (κ1) is 10.4. The van der Waals surface area contributed by atoms with Crippen LogP contribution in [0.4, 0.5) is 0 Å². The number of nitrogens with zero attached hydrogens (tertiary/aromatic N) is 1. The van der Waals surface area contributed by atoms with Gasteiger partial charge in [-0.3, -0.25) is 4.21 Å². The second-order valence-corrected chi connectivity index (χ2v) is 4.40. The topological polar surface area (TPSA) is 57.8 Å². The summed E-state index contributed by atoms with van der Waals surface area (Å²) in [6, 6.07) is 0. The van der Waals surface area contributed by atoms with Crippen LogP contribution >= 0.6 is 0 Å². The average molecular weight is 201 g/mol. The molecule has 1 atom stereocenters. The zero-order valence-electron chi connectivity index (χ0n) is 7.75. The van der Waals surface area contributed by atoms with E-state index in [1.54, 1.807) is 18.6 Å². The second kappa shape index (κ2) is 5.88. The Kier molecular flexibility index (Phi) is 4.70. The van der Waals surface area contributed by atoms with Gasteiger partial charge in [-0.2, -0.15) is 0 Å². The van der Waals surface area contributed by atoms with Gasteiger partial charge in [0.15, 0.2) is 0 Å². The van der Waals surface area contributed by atoms with Gasteiger partial charge in [-0.05, 0) is 13.0 Å². The van der Waals surface area contributed by atoms with Crippen molar-refractivity contribution in [1.29, 1.82) is 0 Å². The first-order chi connectivity index (χ1) is 6.29. The number of aromatic amines is 1. The van der Waals surface area contributed by atoms with Gasteiger partial charge in [-0.25, -0.2) is 4.98 Å². The summed E-state index contributed by atoms with van der Waals surface area (Å²) in [7, 11) is -0.669. The van der Waals surface area contributed by atoms with Gasteiger partial charge >= 0.3 is 0 Å². The standard InChI is InChI=1S/C8H15N3OS/c1-13(12)6-2-3-9-7-8-10-4-5-11-8/h4-5,9H,2-3,6-7H2,1H3,(H,10,11). The van der Waals surface area contributed by atoms with E-state index in [9.17, 15) is 4.21 Å². The van der Waals surface area contributed by atoms with Crippen LogP contribution in [0.1, 0.15) is 12.2 Å². The minimum atomic E-state index is -0.669. The van der Waals surface area contributed by atoms with Gasteiger partial charge in [0.1, 0.15) is 5.82 Å². The van der Waals surface area contributed by atoms with Crippen molar-refractivity contribution in [3.05, 3.63) is 18.2 Å². The molecule has 0 aliphatic carbocycles. The Hall–Kier alpha value is -0.680. The highest BCUT2D eigenvalue weighted by Crippen LogP contribution is 1.87. The van der Waals surface area contributed by atoms with Crippen LogP contribution in [0.15, 0.2) is 12.4 Å². The van der Waals surface area contributed by atoms with Gasteiger partial charge in [-0.1, -0.05) is 0 Å². The number of hydrogen-bond acceptors (Lipinski definition) is 3. The normalized spacial score (nSPS) is 13.0. The molecule has 0 radical (unpaired) electrons.